The van der Waals surface area contributed by atoms with Crippen molar-refractivity contribution in [3.05, 3.63) is 0 Å². The van der Waals surface area contributed by atoms with E-state index in [0.29, 0.717) is 19.8 Å². The molecule has 0 radical (unpaired) electrons. The Kier molecular flexibility index (Phi) is 3.22. The highest BCUT2D eigenvalue weighted by Gasteiger charge is 2.46. The highest BCUT2D eigenvalue weighted by molar-refractivity contribution is 5.83. The van der Waals surface area contributed by atoms with Crippen LogP contribution < -0.4 is 21.7 Å². The normalized spacial score (nSPS) is 45.0. The van der Waals surface area contributed by atoms with Crippen molar-refractivity contribution in [2.45, 2.75) is 37.0 Å². The van der Waals surface area contributed by atoms with E-state index in [1.807, 2.05) is 0 Å². The Balaban J connectivity index is 1.69. The third kappa shape index (κ3) is 1.91. The molecular weight excluding hydrogens is 238 g/mol. The van der Waals surface area contributed by atoms with Crippen LogP contribution in [0, 0.1) is 0 Å². The number of fused-ring (bicyclic) bond motifs is 1. The van der Waals surface area contributed by atoms with E-state index in [2.05, 4.69) is 20.9 Å². The molecule has 3 fully saturated rings. The number of rotatable bonds is 2. The summed E-state index contributed by atoms with van der Waals surface area (Å²) in [7, 11) is 0. The number of aliphatic hydroxyl groups is 1. The number of carbonyl (C=O) groups is 1. The summed E-state index contributed by atoms with van der Waals surface area (Å²) < 4.78 is 5.73. The van der Waals surface area contributed by atoms with E-state index in [1.165, 1.54) is 0 Å². The van der Waals surface area contributed by atoms with Crippen molar-refractivity contribution in [1.29, 1.82) is 0 Å². The minimum atomic E-state index is -0.313. The maximum absolute atomic E-state index is 11.7. The Labute approximate surface area is 105 Å². The summed E-state index contributed by atoms with van der Waals surface area (Å²) in [5.74, 6) is 0.00209. The van der Waals surface area contributed by atoms with E-state index in [0.717, 1.165) is 0 Å². The maximum Gasteiger partial charge on any atom is 0.241 e. The van der Waals surface area contributed by atoms with Gasteiger partial charge in [-0.3, -0.25) is 15.4 Å². The largest absolute Gasteiger partial charge is 0.394 e. The third-order valence-electron chi connectivity index (χ3n) is 3.86. The van der Waals surface area contributed by atoms with Gasteiger partial charge in [0.1, 0.15) is 12.3 Å². The van der Waals surface area contributed by atoms with Gasteiger partial charge in [0.2, 0.25) is 5.91 Å². The summed E-state index contributed by atoms with van der Waals surface area (Å²) in [4.78, 5) is 13.7. The van der Waals surface area contributed by atoms with Crippen LogP contribution in [0.5, 0.6) is 0 Å². The van der Waals surface area contributed by atoms with Gasteiger partial charge in [0.25, 0.3) is 0 Å². The van der Waals surface area contributed by atoms with Crippen molar-refractivity contribution in [2.24, 2.45) is 5.73 Å². The van der Waals surface area contributed by atoms with Gasteiger partial charge in [-0.2, -0.15) is 0 Å². The van der Waals surface area contributed by atoms with Gasteiger partial charge >= 0.3 is 0 Å². The lowest BCUT2D eigenvalue weighted by Gasteiger charge is -2.34. The van der Waals surface area contributed by atoms with E-state index in [1.54, 1.807) is 0 Å². The summed E-state index contributed by atoms with van der Waals surface area (Å²) in [6, 6.07) is -0.414. The second-order valence-electron chi connectivity index (χ2n) is 4.93. The highest BCUT2D eigenvalue weighted by Crippen LogP contribution is 2.26. The van der Waals surface area contributed by atoms with Gasteiger partial charge in [0.05, 0.1) is 32.2 Å². The lowest BCUT2D eigenvalue weighted by Crippen LogP contribution is -2.63. The average Bonchev–Trinajstić information content (AvgIpc) is 2.93. The zero-order valence-corrected chi connectivity index (χ0v) is 10.0. The quantitative estimate of drug-likeness (QED) is 0.351. The van der Waals surface area contributed by atoms with Crippen molar-refractivity contribution in [3.8, 4) is 0 Å². The number of ether oxygens (including phenoxy) is 1. The Bertz CT molecular complexity index is 341. The first-order valence-electron chi connectivity index (χ1n) is 6.23. The summed E-state index contributed by atoms with van der Waals surface area (Å²) in [6.45, 7) is 0.965. The van der Waals surface area contributed by atoms with Gasteiger partial charge in [-0.05, 0) is 0 Å². The van der Waals surface area contributed by atoms with Crippen LogP contribution in [0.4, 0.5) is 0 Å². The number of nitrogens with one attached hydrogen (secondary N) is 3. The fourth-order valence-electron chi connectivity index (χ4n) is 2.84. The highest BCUT2D eigenvalue weighted by atomic mass is 16.5. The number of aliphatic hydroxyl groups excluding tert-OH is 1. The van der Waals surface area contributed by atoms with Crippen molar-refractivity contribution in [2.75, 3.05) is 19.9 Å². The van der Waals surface area contributed by atoms with Crippen LogP contribution in [-0.2, 0) is 9.53 Å². The molecule has 0 bridgehead atoms. The maximum atomic E-state index is 11.7. The molecule has 3 aliphatic heterocycles. The molecule has 5 atom stereocenters. The molecule has 0 spiro atoms. The zero-order chi connectivity index (χ0) is 12.7. The Hall–Kier alpha value is -0.770. The predicted octanol–water partition coefficient (Wildman–Crippen LogP) is -3.34. The minimum absolute atomic E-state index is 0.00209. The fourth-order valence-corrected chi connectivity index (χ4v) is 2.84. The molecule has 0 aromatic carbocycles. The Morgan fingerprint density at radius 2 is 2.33 bits per heavy atom. The number of hydrogen-bond donors (Lipinski definition) is 5. The summed E-state index contributed by atoms with van der Waals surface area (Å²) in [6.07, 6.45) is 0.122. The molecule has 0 saturated carbocycles. The molecule has 6 N–H and O–H groups in total. The SMILES string of the molecule is NC1CC(N2CNC3C(=O)NCNC32)OC1CO. The molecule has 1 amide bonds. The van der Waals surface area contributed by atoms with Crippen LogP contribution in [0.25, 0.3) is 0 Å². The lowest BCUT2D eigenvalue weighted by atomic mass is 10.1. The van der Waals surface area contributed by atoms with Crippen LogP contribution in [0.1, 0.15) is 6.42 Å². The standard InChI is InChI=1S/C10H19N5O3/c11-5-1-7(18-6(5)2-16)15-4-14-8-9(15)12-3-13-10(8)17/h5-9,12,14,16H,1-4,11H2,(H,13,17). The van der Waals surface area contributed by atoms with Crippen LogP contribution in [0.15, 0.2) is 0 Å². The number of nitrogens with zero attached hydrogens (tertiary/aromatic N) is 1. The molecule has 3 heterocycles. The number of hydrogen-bond acceptors (Lipinski definition) is 7. The van der Waals surface area contributed by atoms with Crippen molar-refractivity contribution < 1.29 is 14.6 Å². The molecule has 3 rings (SSSR count). The van der Waals surface area contributed by atoms with Crippen LogP contribution in [0.2, 0.25) is 0 Å². The minimum Gasteiger partial charge on any atom is -0.394 e. The van der Waals surface area contributed by atoms with Gasteiger partial charge in [0, 0.05) is 12.5 Å². The van der Waals surface area contributed by atoms with Gasteiger partial charge in [0.15, 0.2) is 0 Å². The summed E-state index contributed by atoms with van der Waals surface area (Å²) >= 11 is 0. The fraction of sp³-hybridized carbons (Fsp3) is 0.900. The third-order valence-corrected chi connectivity index (χ3v) is 3.86. The monoisotopic (exact) mass is 257 g/mol. The first-order valence-corrected chi connectivity index (χ1v) is 6.23. The van der Waals surface area contributed by atoms with Gasteiger partial charge in [-0.1, -0.05) is 0 Å². The summed E-state index contributed by atoms with van der Waals surface area (Å²) in [5.41, 5.74) is 5.91. The number of amides is 1. The molecule has 0 aromatic rings. The molecule has 0 aromatic heterocycles. The van der Waals surface area contributed by atoms with E-state index >= 15 is 0 Å². The molecule has 8 heteroatoms. The topological polar surface area (TPSA) is 112 Å². The Morgan fingerprint density at radius 3 is 3.06 bits per heavy atom. The number of nitrogens with two attached hydrogens (primary N) is 1. The van der Waals surface area contributed by atoms with Crippen molar-refractivity contribution in [3.63, 3.8) is 0 Å². The van der Waals surface area contributed by atoms with Crippen LogP contribution in [0.3, 0.4) is 0 Å². The van der Waals surface area contributed by atoms with Crippen molar-refractivity contribution >= 4 is 5.91 Å². The molecule has 3 saturated heterocycles. The van der Waals surface area contributed by atoms with Gasteiger partial charge in [-0.25, -0.2) is 4.90 Å². The molecular formula is C10H19N5O3. The second-order valence-corrected chi connectivity index (χ2v) is 4.93. The Morgan fingerprint density at radius 1 is 1.50 bits per heavy atom. The molecule has 18 heavy (non-hydrogen) atoms. The first kappa shape index (κ1) is 12.3. The van der Waals surface area contributed by atoms with Crippen LogP contribution >= 0.6 is 0 Å². The average molecular weight is 257 g/mol. The predicted molar refractivity (Wildman–Crippen MR) is 61.9 cm³/mol. The molecule has 102 valence electrons. The molecule has 0 aliphatic carbocycles. The zero-order valence-electron chi connectivity index (χ0n) is 10.0. The first-order chi connectivity index (χ1) is 8.70. The van der Waals surface area contributed by atoms with Crippen LogP contribution in [-0.4, -0.2) is 66.4 Å². The second kappa shape index (κ2) is 4.72. The van der Waals surface area contributed by atoms with Crippen molar-refractivity contribution in [1.82, 2.24) is 20.9 Å². The lowest BCUT2D eigenvalue weighted by molar-refractivity contribution is -0.127. The van der Waals surface area contributed by atoms with E-state index in [9.17, 15) is 4.79 Å². The molecule has 3 aliphatic rings. The van der Waals surface area contributed by atoms with E-state index in [-0.39, 0.29) is 43.1 Å². The summed E-state index contributed by atoms with van der Waals surface area (Å²) in [5, 5.41) is 18.3. The smallest absolute Gasteiger partial charge is 0.241 e. The van der Waals surface area contributed by atoms with Gasteiger partial charge in [-0.15, -0.1) is 0 Å². The van der Waals surface area contributed by atoms with E-state index < -0.39 is 0 Å². The molecule has 5 unspecified atom stereocenters. The van der Waals surface area contributed by atoms with Gasteiger partial charge < -0.3 is 20.9 Å². The number of carbonyl (C=O) groups excluding carboxylic acids is 1. The molecule has 8 nitrogen and oxygen atoms in total. The van der Waals surface area contributed by atoms with E-state index in [4.69, 9.17) is 15.6 Å².